The molecule has 0 saturated carbocycles. The van der Waals surface area contributed by atoms with Crippen LogP contribution in [0.15, 0.2) is 53.0 Å². The van der Waals surface area contributed by atoms with Gasteiger partial charge >= 0.3 is 0 Å². The molecule has 98 valence electrons. The number of nitrogen functional groups attached to an aromatic ring is 1. The van der Waals surface area contributed by atoms with Gasteiger partial charge in [-0.3, -0.25) is 4.79 Å². The number of hydrogen-bond donors (Lipinski definition) is 1. The number of benzene rings is 2. The summed E-state index contributed by atoms with van der Waals surface area (Å²) in [5.41, 5.74) is 7.98. The number of hydrogen-bond acceptors (Lipinski definition) is 2. The average molecular weight is 319 g/mol. The summed E-state index contributed by atoms with van der Waals surface area (Å²) < 4.78 is 1.01. The molecule has 2 N–H and O–H groups in total. The smallest absolute Gasteiger partial charge is 0.253 e. The molecule has 0 aliphatic carbocycles. The molecular weight excluding hydrogens is 304 g/mol. The van der Waals surface area contributed by atoms with Crippen LogP contribution in [-0.4, -0.2) is 17.9 Å². The van der Waals surface area contributed by atoms with Crippen LogP contribution in [0.5, 0.6) is 0 Å². The van der Waals surface area contributed by atoms with E-state index in [1.807, 2.05) is 24.3 Å². The van der Waals surface area contributed by atoms with E-state index in [4.69, 9.17) is 5.73 Å². The third kappa shape index (κ3) is 3.58. The molecule has 4 heteroatoms. The monoisotopic (exact) mass is 318 g/mol. The first-order chi connectivity index (χ1) is 9.06. The Bertz CT molecular complexity index is 598. The van der Waals surface area contributed by atoms with Gasteiger partial charge in [0, 0.05) is 29.3 Å². The lowest BCUT2D eigenvalue weighted by Gasteiger charge is -2.17. The van der Waals surface area contributed by atoms with Crippen LogP contribution in [0.2, 0.25) is 0 Å². The summed E-state index contributed by atoms with van der Waals surface area (Å²) in [6.45, 7) is 0.563. The zero-order valence-corrected chi connectivity index (χ0v) is 12.2. The van der Waals surface area contributed by atoms with E-state index in [9.17, 15) is 4.79 Å². The van der Waals surface area contributed by atoms with Gasteiger partial charge in [0.25, 0.3) is 5.91 Å². The molecule has 0 bridgehead atoms. The molecule has 0 heterocycles. The second kappa shape index (κ2) is 5.89. The fraction of sp³-hybridized carbons (Fsp3) is 0.133. The molecule has 2 rings (SSSR count). The van der Waals surface area contributed by atoms with Gasteiger partial charge in [-0.2, -0.15) is 0 Å². The Hall–Kier alpha value is -1.81. The van der Waals surface area contributed by atoms with Crippen molar-refractivity contribution in [3.8, 4) is 0 Å². The SMILES string of the molecule is CN(Cc1cccc(Br)c1)C(=O)c1cccc(N)c1. The van der Waals surface area contributed by atoms with E-state index in [1.165, 1.54) is 0 Å². The predicted molar refractivity (Wildman–Crippen MR) is 80.8 cm³/mol. The van der Waals surface area contributed by atoms with Crippen LogP contribution in [0.25, 0.3) is 0 Å². The quantitative estimate of drug-likeness (QED) is 0.882. The van der Waals surface area contributed by atoms with Crippen LogP contribution in [0, 0.1) is 0 Å². The lowest BCUT2D eigenvalue weighted by Crippen LogP contribution is -2.26. The summed E-state index contributed by atoms with van der Waals surface area (Å²) in [6, 6.07) is 14.9. The second-order valence-corrected chi connectivity index (χ2v) is 5.33. The predicted octanol–water partition coefficient (Wildman–Crippen LogP) is 3.30. The Morgan fingerprint density at radius 3 is 2.63 bits per heavy atom. The minimum absolute atomic E-state index is 0.0349. The standard InChI is InChI=1S/C15H15BrN2O/c1-18(10-11-4-2-6-13(16)8-11)15(19)12-5-3-7-14(17)9-12/h2-9H,10,17H2,1H3. The van der Waals surface area contributed by atoms with Gasteiger partial charge in [-0.05, 0) is 35.9 Å². The van der Waals surface area contributed by atoms with Crippen molar-refractivity contribution in [2.75, 3.05) is 12.8 Å². The molecule has 0 aromatic heterocycles. The molecule has 2 aromatic carbocycles. The van der Waals surface area contributed by atoms with Gasteiger partial charge in [-0.25, -0.2) is 0 Å². The van der Waals surface area contributed by atoms with Crippen molar-refractivity contribution in [3.05, 3.63) is 64.1 Å². The Morgan fingerprint density at radius 1 is 1.21 bits per heavy atom. The van der Waals surface area contributed by atoms with E-state index in [0.717, 1.165) is 10.0 Å². The van der Waals surface area contributed by atoms with E-state index >= 15 is 0 Å². The summed E-state index contributed by atoms with van der Waals surface area (Å²) in [7, 11) is 1.78. The fourth-order valence-electron chi connectivity index (χ4n) is 1.87. The molecule has 0 radical (unpaired) electrons. The highest BCUT2D eigenvalue weighted by Gasteiger charge is 2.12. The van der Waals surface area contributed by atoms with Crippen molar-refractivity contribution in [3.63, 3.8) is 0 Å². The first kappa shape index (κ1) is 13.6. The van der Waals surface area contributed by atoms with Crippen molar-refractivity contribution >= 4 is 27.5 Å². The zero-order chi connectivity index (χ0) is 13.8. The molecule has 0 spiro atoms. The first-order valence-electron chi connectivity index (χ1n) is 5.92. The van der Waals surface area contributed by atoms with Crippen molar-refractivity contribution < 1.29 is 4.79 Å². The number of carbonyl (C=O) groups excluding carboxylic acids is 1. The van der Waals surface area contributed by atoms with Crippen LogP contribution in [-0.2, 0) is 6.54 Å². The topological polar surface area (TPSA) is 46.3 Å². The number of rotatable bonds is 3. The van der Waals surface area contributed by atoms with Gasteiger partial charge < -0.3 is 10.6 Å². The van der Waals surface area contributed by atoms with Gasteiger partial charge in [0.05, 0.1) is 0 Å². The molecule has 3 nitrogen and oxygen atoms in total. The van der Waals surface area contributed by atoms with Crippen LogP contribution < -0.4 is 5.73 Å². The maximum absolute atomic E-state index is 12.2. The Morgan fingerprint density at radius 2 is 1.95 bits per heavy atom. The third-order valence-electron chi connectivity index (χ3n) is 2.79. The summed E-state index contributed by atoms with van der Waals surface area (Å²) in [5.74, 6) is -0.0349. The highest BCUT2D eigenvalue weighted by molar-refractivity contribution is 9.10. The van der Waals surface area contributed by atoms with Gasteiger partial charge in [-0.1, -0.05) is 34.1 Å². The summed E-state index contributed by atoms with van der Waals surface area (Å²) >= 11 is 3.42. The fourth-order valence-corrected chi connectivity index (χ4v) is 2.32. The molecule has 19 heavy (non-hydrogen) atoms. The van der Waals surface area contributed by atoms with Gasteiger partial charge in [-0.15, -0.1) is 0 Å². The lowest BCUT2D eigenvalue weighted by atomic mass is 10.1. The number of amides is 1. The Labute approximate surface area is 121 Å². The maximum atomic E-state index is 12.2. The molecule has 0 fully saturated rings. The van der Waals surface area contributed by atoms with Crippen LogP contribution in [0.4, 0.5) is 5.69 Å². The number of nitrogens with two attached hydrogens (primary N) is 1. The molecule has 0 aliphatic heterocycles. The number of carbonyl (C=O) groups is 1. The van der Waals surface area contributed by atoms with Crippen molar-refractivity contribution in [1.29, 1.82) is 0 Å². The van der Waals surface area contributed by atoms with Crippen molar-refractivity contribution in [2.24, 2.45) is 0 Å². The molecule has 0 saturated heterocycles. The Kier molecular flexibility index (Phi) is 4.22. The highest BCUT2D eigenvalue weighted by Crippen LogP contribution is 2.15. The van der Waals surface area contributed by atoms with Gasteiger partial charge in [0.1, 0.15) is 0 Å². The van der Waals surface area contributed by atoms with Crippen LogP contribution in [0.1, 0.15) is 15.9 Å². The van der Waals surface area contributed by atoms with Crippen LogP contribution >= 0.6 is 15.9 Å². The first-order valence-corrected chi connectivity index (χ1v) is 6.71. The summed E-state index contributed by atoms with van der Waals surface area (Å²) in [5, 5.41) is 0. The number of nitrogens with zero attached hydrogens (tertiary/aromatic N) is 1. The molecule has 0 atom stereocenters. The lowest BCUT2D eigenvalue weighted by molar-refractivity contribution is 0.0785. The Balaban J connectivity index is 2.12. The highest BCUT2D eigenvalue weighted by atomic mass is 79.9. The van der Waals surface area contributed by atoms with Gasteiger partial charge in [0.2, 0.25) is 0 Å². The average Bonchev–Trinajstić information content (AvgIpc) is 2.38. The molecule has 0 unspecified atom stereocenters. The summed E-state index contributed by atoms with van der Waals surface area (Å²) in [6.07, 6.45) is 0. The second-order valence-electron chi connectivity index (χ2n) is 4.42. The van der Waals surface area contributed by atoms with E-state index in [2.05, 4.69) is 15.9 Å². The summed E-state index contributed by atoms with van der Waals surface area (Å²) in [4.78, 5) is 13.9. The molecule has 1 amide bonds. The van der Waals surface area contributed by atoms with Gasteiger partial charge in [0.15, 0.2) is 0 Å². The van der Waals surface area contributed by atoms with E-state index in [1.54, 1.807) is 36.2 Å². The van der Waals surface area contributed by atoms with E-state index < -0.39 is 0 Å². The molecule has 2 aromatic rings. The molecular formula is C15H15BrN2O. The van der Waals surface area contributed by atoms with E-state index in [-0.39, 0.29) is 5.91 Å². The van der Waals surface area contributed by atoms with Crippen molar-refractivity contribution in [1.82, 2.24) is 4.90 Å². The third-order valence-corrected chi connectivity index (χ3v) is 3.28. The molecule has 0 aliphatic rings. The van der Waals surface area contributed by atoms with E-state index in [0.29, 0.717) is 17.8 Å². The maximum Gasteiger partial charge on any atom is 0.253 e. The normalized spacial score (nSPS) is 10.2. The largest absolute Gasteiger partial charge is 0.399 e. The van der Waals surface area contributed by atoms with Crippen LogP contribution in [0.3, 0.4) is 0 Å². The van der Waals surface area contributed by atoms with Crippen molar-refractivity contribution in [2.45, 2.75) is 6.54 Å². The minimum atomic E-state index is -0.0349. The number of halogens is 1. The zero-order valence-electron chi connectivity index (χ0n) is 10.6. The number of anilines is 1. The minimum Gasteiger partial charge on any atom is -0.399 e.